The van der Waals surface area contributed by atoms with Crippen molar-refractivity contribution >= 4 is 16.9 Å². The minimum Gasteiger partial charge on any atom is -0.384 e. The Morgan fingerprint density at radius 2 is 1.33 bits per heavy atom. The number of nitrogens with zero attached hydrogens (tertiary/aromatic N) is 4. The summed E-state index contributed by atoms with van der Waals surface area (Å²) >= 11 is 0. The lowest BCUT2D eigenvalue weighted by Crippen LogP contribution is -2.39. The zero-order valence-corrected chi connectivity index (χ0v) is 20.9. The van der Waals surface area contributed by atoms with Crippen LogP contribution < -0.4 is 28.2 Å². The number of aromatic amines is 1. The van der Waals surface area contributed by atoms with Crippen LogP contribution in [0.15, 0.2) is 43.4 Å². The first-order chi connectivity index (χ1) is 17.1. The summed E-state index contributed by atoms with van der Waals surface area (Å²) in [4.78, 5) is 55.1. The van der Waals surface area contributed by atoms with Crippen molar-refractivity contribution in [2.45, 2.75) is 38.0 Å². The largest absolute Gasteiger partial charge is 0.384 e. The second-order valence-electron chi connectivity index (χ2n) is 9.73. The molecule has 0 unspecified atom stereocenters. The molecule has 1 aliphatic carbocycles. The average Bonchev–Trinajstić information content (AvgIpc) is 3.29. The van der Waals surface area contributed by atoms with E-state index >= 15 is 0 Å². The summed E-state index contributed by atoms with van der Waals surface area (Å²) < 4.78 is 4.48. The van der Waals surface area contributed by atoms with Crippen LogP contribution in [0.3, 0.4) is 0 Å². The van der Waals surface area contributed by atoms with Crippen LogP contribution in [0.5, 0.6) is 0 Å². The van der Waals surface area contributed by atoms with Crippen molar-refractivity contribution in [1.29, 1.82) is 0 Å². The standard InChI is InChI=1S/C26H30N6O4/c1-29-21(27)18(23(33)31(3)25(29)35)17-19-22(30(2)26(36)32(4)24(19)34)28-20(17)16-12-10-15(11-13-16)14-8-6-5-7-9-14/h10-14,28H,5-9,27H2,1-4H3. The molecule has 5 rings (SSSR count). The number of fused-ring (bicyclic) bond motifs is 1. The summed E-state index contributed by atoms with van der Waals surface area (Å²) in [7, 11) is 5.79. The molecule has 0 bridgehead atoms. The maximum absolute atomic E-state index is 13.4. The molecular weight excluding hydrogens is 460 g/mol. The molecule has 0 atom stereocenters. The first kappa shape index (κ1) is 23.7. The molecule has 3 N–H and O–H groups in total. The molecule has 0 spiro atoms. The van der Waals surface area contributed by atoms with E-state index in [-0.39, 0.29) is 28.0 Å². The van der Waals surface area contributed by atoms with Crippen LogP contribution in [0.1, 0.15) is 43.6 Å². The van der Waals surface area contributed by atoms with Crippen molar-refractivity contribution in [3.63, 3.8) is 0 Å². The lowest BCUT2D eigenvalue weighted by atomic mass is 9.84. The van der Waals surface area contributed by atoms with Crippen molar-refractivity contribution in [2.24, 2.45) is 28.2 Å². The third-order valence-corrected chi connectivity index (χ3v) is 7.64. The molecule has 0 amide bonds. The molecule has 0 radical (unpaired) electrons. The zero-order valence-electron chi connectivity index (χ0n) is 20.9. The Morgan fingerprint density at radius 1 is 0.750 bits per heavy atom. The maximum atomic E-state index is 13.4. The Labute approximate surface area is 206 Å². The molecule has 10 nitrogen and oxygen atoms in total. The quantitative estimate of drug-likeness (QED) is 0.453. The van der Waals surface area contributed by atoms with Gasteiger partial charge in [0.25, 0.3) is 11.1 Å². The van der Waals surface area contributed by atoms with E-state index in [1.54, 1.807) is 7.05 Å². The van der Waals surface area contributed by atoms with Crippen molar-refractivity contribution in [3.05, 3.63) is 71.5 Å². The van der Waals surface area contributed by atoms with Gasteiger partial charge in [-0.15, -0.1) is 0 Å². The minimum absolute atomic E-state index is 0.0351. The van der Waals surface area contributed by atoms with Crippen molar-refractivity contribution < 1.29 is 0 Å². The number of aryl methyl sites for hydroxylation is 1. The number of hydrogen-bond acceptors (Lipinski definition) is 5. The van der Waals surface area contributed by atoms with Gasteiger partial charge in [-0.1, -0.05) is 43.5 Å². The topological polar surface area (TPSA) is 130 Å². The summed E-state index contributed by atoms with van der Waals surface area (Å²) in [5.41, 5.74) is 7.16. The van der Waals surface area contributed by atoms with E-state index in [1.165, 1.54) is 67.9 Å². The fourth-order valence-electron chi connectivity index (χ4n) is 5.44. The number of anilines is 1. The third-order valence-electron chi connectivity index (χ3n) is 7.64. The van der Waals surface area contributed by atoms with E-state index in [4.69, 9.17) is 5.73 Å². The first-order valence-electron chi connectivity index (χ1n) is 12.1. The predicted octanol–water partition coefficient (Wildman–Crippen LogP) is 1.93. The van der Waals surface area contributed by atoms with Crippen molar-refractivity contribution in [2.75, 3.05) is 5.73 Å². The molecular formula is C26H30N6O4. The van der Waals surface area contributed by atoms with Crippen LogP contribution in [0.4, 0.5) is 5.82 Å². The molecule has 188 valence electrons. The van der Waals surface area contributed by atoms with Gasteiger partial charge < -0.3 is 10.7 Å². The Kier molecular flexibility index (Phi) is 5.61. The van der Waals surface area contributed by atoms with Crippen LogP contribution >= 0.6 is 0 Å². The molecule has 0 aliphatic heterocycles. The van der Waals surface area contributed by atoms with Crippen LogP contribution in [0, 0.1) is 0 Å². The summed E-state index contributed by atoms with van der Waals surface area (Å²) in [6.07, 6.45) is 6.06. The van der Waals surface area contributed by atoms with Crippen LogP contribution in [-0.2, 0) is 28.2 Å². The van der Waals surface area contributed by atoms with Gasteiger partial charge in [-0.2, -0.15) is 0 Å². The Morgan fingerprint density at radius 3 is 1.97 bits per heavy atom. The maximum Gasteiger partial charge on any atom is 0.332 e. The highest BCUT2D eigenvalue weighted by Crippen LogP contribution is 2.38. The highest BCUT2D eigenvalue weighted by Gasteiger charge is 2.27. The van der Waals surface area contributed by atoms with E-state index in [0.717, 1.165) is 14.7 Å². The fourth-order valence-corrected chi connectivity index (χ4v) is 5.44. The van der Waals surface area contributed by atoms with Crippen LogP contribution in [0.2, 0.25) is 0 Å². The Hall–Kier alpha value is -4.08. The Bertz CT molecular complexity index is 1740. The van der Waals surface area contributed by atoms with Gasteiger partial charge in [0.1, 0.15) is 11.5 Å². The fraction of sp³-hybridized carbons (Fsp3) is 0.385. The van der Waals surface area contributed by atoms with Crippen molar-refractivity contribution in [1.82, 2.24) is 23.3 Å². The summed E-state index contributed by atoms with van der Waals surface area (Å²) in [6.45, 7) is 0. The number of nitrogen functional groups attached to an aromatic ring is 1. The zero-order chi connectivity index (χ0) is 25.9. The van der Waals surface area contributed by atoms with Gasteiger partial charge in [-0.05, 0) is 29.9 Å². The molecule has 1 aromatic carbocycles. The van der Waals surface area contributed by atoms with E-state index < -0.39 is 22.5 Å². The highest BCUT2D eigenvalue weighted by molar-refractivity contribution is 6.04. The number of benzene rings is 1. The molecule has 1 fully saturated rings. The van der Waals surface area contributed by atoms with Gasteiger partial charge in [0.05, 0.1) is 16.6 Å². The molecule has 36 heavy (non-hydrogen) atoms. The smallest absolute Gasteiger partial charge is 0.332 e. The number of nitrogens with two attached hydrogens (primary N) is 1. The van der Waals surface area contributed by atoms with E-state index in [0.29, 0.717) is 11.6 Å². The number of H-pyrrole nitrogens is 1. The van der Waals surface area contributed by atoms with E-state index in [9.17, 15) is 19.2 Å². The lowest BCUT2D eigenvalue weighted by Gasteiger charge is -2.22. The van der Waals surface area contributed by atoms with Gasteiger partial charge in [-0.25, -0.2) is 9.59 Å². The van der Waals surface area contributed by atoms with Crippen molar-refractivity contribution in [3.8, 4) is 22.4 Å². The van der Waals surface area contributed by atoms with E-state index in [2.05, 4.69) is 17.1 Å². The normalized spacial score (nSPS) is 14.6. The van der Waals surface area contributed by atoms with Gasteiger partial charge >= 0.3 is 11.4 Å². The predicted molar refractivity (Wildman–Crippen MR) is 140 cm³/mol. The van der Waals surface area contributed by atoms with E-state index in [1.807, 2.05) is 12.1 Å². The molecule has 4 aromatic rings. The number of aromatic nitrogens is 5. The molecule has 0 saturated heterocycles. The molecule has 1 aliphatic rings. The number of hydrogen-bond donors (Lipinski definition) is 2. The van der Waals surface area contributed by atoms with Crippen LogP contribution in [0.25, 0.3) is 33.4 Å². The van der Waals surface area contributed by atoms with Gasteiger partial charge in [0.15, 0.2) is 0 Å². The second kappa shape index (κ2) is 8.54. The second-order valence-corrected chi connectivity index (χ2v) is 9.73. The summed E-state index contributed by atoms with van der Waals surface area (Å²) in [5, 5.41) is 0.161. The SMILES string of the molecule is Cn1c(N)c(-c2c(-c3ccc(C4CCCCC4)cc3)[nH]c3c2c(=O)n(C)c(=O)n3C)c(=O)n(C)c1=O. The molecule has 3 heterocycles. The number of nitrogens with one attached hydrogen (secondary N) is 1. The lowest BCUT2D eigenvalue weighted by molar-refractivity contribution is 0.443. The molecule has 1 saturated carbocycles. The minimum atomic E-state index is -0.618. The molecule has 10 heteroatoms. The Balaban J connectivity index is 1.86. The van der Waals surface area contributed by atoms with Gasteiger partial charge in [-0.3, -0.25) is 27.9 Å². The third kappa shape index (κ3) is 3.39. The average molecular weight is 491 g/mol. The molecule has 3 aromatic heterocycles. The number of rotatable bonds is 3. The van der Waals surface area contributed by atoms with Gasteiger partial charge in [0.2, 0.25) is 0 Å². The monoisotopic (exact) mass is 490 g/mol. The highest BCUT2D eigenvalue weighted by atomic mass is 16.2. The first-order valence-corrected chi connectivity index (χ1v) is 12.1. The van der Waals surface area contributed by atoms with Crippen LogP contribution in [-0.4, -0.2) is 23.3 Å². The summed E-state index contributed by atoms with van der Waals surface area (Å²) in [5.74, 6) is 0.467. The summed E-state index contributed by atoms with van der Waals surface area (Å²) in [6, 6.07) is 8.09. The van der Waals surface area contributed by atoms with Gasteiger partial charge in [0, 0.05) is 33.8 Å².